The third kappa shape index (κ3) is 5.44. The average Bonchev–Trinajstić information content (AvgIpc) is 2.51. The molecule has 0 aromatic rings. The van der Waals surface area contributed by atoms with Gasteiger partial charge in [-0.2, -0.15) is 13.2 Å². The molecule has 0 aliphatic carbocycles. The SMILES string of the molecule is O=C(COCC(F)(F)F)N1CCCCCC1CCl. The summed E-state index contributed by atoms with van der Waals surface area (Å²) in [5.74, 6) is -0.0998. The van der Waals surface area contributed by atoms with Crippen LogP contribution in [0.4, 0.5) is 13.2 Å². The molecule has 1 heterocycles. The molecule has 7 heteroatoms. The second-order valence-corrected chi connectivity index (χ2v) is 4.66. The largest absolute Gasteiger partial charge is 0.411 e. The van der Waals surface area contributed by atoms with Crippen molar-refractivity contribution in [3.8, 4) is 0 Å². The zero-order valence-corrected chi connectivity index (χ0v) is 10.8. The molecule has 1 aliphatic heterocycles. The molecule has 1 amide bonds. The molecule has 1 rings (SSSR count). The summed E-state index contributed by atoms with van der Waals surface area (Å²) in [7, 11) is 0. The molecule has 18 heavy (non-hydrogen) atoms. The molecular weight excluding hydrogens is 271 g/mol. The average molecular weight is 288 g/mol. The van der Waals surface area contributed by atoms with Gasteiger partial charge in [0, 0.05) is 18.5 Å². The summed E-state index contributed by atoms with van der Waals surface area (Å²) in [6, 6.07) is -0.0869. The molecule has 1 saturated heterocycles. The van der Waals surface area contributed by atoms with Gasteiger partial charge in [-0.3, -0.25) is 4.79 Å². The Balaban J connectivity index is 2.42. The molecule has 1 unspecified atom stereocenters. The molecule has 106 valence electrons. The minimum Gasteiger partial charge on any atom is -0.362 e. The lowest BCUT2D eigenvalue weighted by Gasteiger charge is -2.28. The van der Waals surface area contributed by atoms with Crippen molar-refractivity contribution in [3.05, 3.63) is 0 Å². The van der Waals surface area contributed by atoms with Crippen molar-refractivity contribution in [2.45, 2.75) is 37.9 Å². The van der Waals surface area contributed by atoms with Gasteiger partial charge in [-0.05, 0) is 12.8 Å². The Morgan fingerprint density at radius 2 is 2.06 bits per heavy atom. The topological polar surface area (TPSA) is 29.5 Å². The van der Waals surface area contributed by atoms with E-state index in [-0.39, 0.29) is 6.04 Å². The molecule has 0 saturated carbocycles. The van der Waals surface area contributed by atoms with Crippen molar-refractivity contribution in [1.29, 1.82) is 0 Å². The molecule has 3 nitrogen and oxygen atoms in total. The lowest BCUT2D eigenvalue weighted by molar-refractivity contribution is -0.178. The third-order valence-corrected chi connectivity index (χ3v) is 3.22. The van der Waals surface area contributed by atoms with E-state index in [1.165, 1.54) is 0 Å². The summed E-state index contributed by atoms with van der Waals surface area (Å²) in [5, 5.41) is 0. The lowest BCUT2D eigenvalue weighted by Crippen LogP contribution is -2.43. The van der Waals surface area contributed by atoms with Crippen molar-refractivity contribution in [2.24, 2.45) is 0 Å². The van der Waals surface area contributed by atoms with E-state index in [9.17, 15) is 18.0 Å². The number of hydrogen-bond donors (Lipinski definition) is 0. The van der Waals surface area contributed by atoms with Gasteiger partial charge in [0.25, 0.3) is 0 Å². The molecule has 0 aromatic carbocycles. The third-order valence-electron chi connectivity index (χ3n) is 2.87. The Labute approximate surface area is 109 Å². The fourth-order valence-electron chi connectivity index (χ4n) is 2.00. The van der Waals surface area contributed by atoms with E-state index in [0.29, 0.717) is 12.4 Å². The van der Waals surface area contributed by atoms with Crippen molar-refractivity contribution in [1.82, 2.24) is 4.90 Å². The van der Waals surface area contributed by atoms with Gasteiger partial charge in [0.1, 0.15) is 13.2 Å². The summed E-state index contributed by atoms with van der Waals surface area (Å²) in [5.41, 5.74) is 0. The molecule has 0 spiro atoms. The zero-order chi connectivity index (χ0) is 13.6. The minimum absolute atomic E-state index is 0.0869. The molecule has 1 fully saturated rings. The lowest BCUT2D eigenvalue weighted by atomic mass is 10.1. The number of carbonyl (C=O) groups excluding carboxylic acids is 1. The monoisotopic (exact) mass is 287 g/mol. The van der Waals surface area contributed by atoms with Crippen LogP contribution in [0.25, 0.3) is 0 Å². The van der Waals surface area contributed by atoms with Gasteiger partial charge in [-0.15, -0.1) is 11.6 Å². The first kappa shape index (κ1) is 15.6. The molecule has 0 N–H and O–H groups in total. The van der Waals surface area contributed by atoms with Crippen LogP contribution in [0.5, 0.6) is 0 Å². The first-order valence-corrected chi connectivity index (χ1v) is 6.47. The number of carbonyl (C=O) groups is 1. The van der Waals surface area contributed by atoms with Gasteiger partial charge < -0.3 is 9.64 Å². The Morgan fingerprint density at radius 1 is 1.33 bits per heavy atom. The summed E-state index contributed by atoms with van der Waals surface area (Å²) >= 11 is 5.78. The van der Waals surface area contributed by atoms with E-state index in [0.717, 1.165) is 25.7 Å². The maximum absolute atomic E-state index is 11.9. The van der Waals surface area contributed by atoms with Crippen LogP contribution in [0, 0.1) is 0 Å². The van der Waals surface area contributed by atoms with Crippen LogP contribution < -0.4 is 0 Å². The van der Waals surface area contributed by atoms with Gasteiger partial charge in [-0.25, -0.2) is 0 Å². The van der Waals surface area contributed by atoms with Crippen LogP contribution in [0.1, 0.15) is 25.7 Å². The maximum atomic E-state index is 11.9. The number of halogens is 4. The summed E-state index contributed by atoms with van der Waals surface area (Å²) < 4.78 is 40.0. The fourth-order valence-corrected chi connectivity index (χ4v) is 2.32. The highest BCUT2D eigenvalue weighted by Crippen LogP contribution is 2.19. The van der Waals surface area contributed by atoms with E-state index < -0.39 is 25.3 Å². The number of amides is 1. The highest BCUT2D eigenvalue weighted by atomic mass is 35.5. The van der Waals surface area contributed by atoms with Crippen molar-refractivity contribution >= 4 is 17.5 Å². The molecule has 0 aromatic heterocycles. The quantitative estimate of drug-likeness (QED) is 0.744. The van der Waals surface area contributed by atoms with Crippen molar-refractivity contribution < 1.29 is 22.7 Å². The van der Waals surface area contributed by atoms with Crippen LogP contribution >= 0.6 is 11.6 Å². The number of hydrogen-bond acceptors (Lipinski definition) is 2. The van der Waals surface area contributed by atoms with Crippen LogP contribution in [-0.4, -0.2) is 48.7 Å². The predicted octanol–water partition coefficient (Wildman–Crippen LogP) is 2.58. The van der Waals surface area contributed by atoms with Gasteiger partial charge in [0.2, 0.25) is 5.91 Å². The van der Waals surface area contributed by atoms with Crippen LogP contribution in [0.2, 0.25) is 0 Å². The molecular formula is C11H17ClF3NO2. The van der Waals surface area contributed by atoms with Crippen molar-refractivity contribution in [2.75, 3.05) is 25.6 Å². The molecule has 1 atom stereocenters. The smallest absolute Gasteiger partial charge is 0.362 e. The van der Waals surface area contributed by atoms with Crippen LogP contribution in [-0.2, 0) is 9.53 Å². The predicted molar refractivity (Wildman–Crippen MR) is 61.6 cm³/mol. The number of nitrogens with zero attached hydrogens (tertiary/aromatic N) is 1. The van der Waals surface area contributed by atoms with Crippen molar-refractivity contribution in [3.63, 3.8) is 0 Å². The van der Waals surface area contributed by atoms with E-state index in [2.05, 4.69) is 4.74 Å². The number of alkyl halides is 4. The highest BCUT2D eigenvalue weighted by molar-refractivity contribution is 6.18. The second-order valence-electron chi connectivity index (χ2n) is 4.35. The number of ether oxygens (including phenoxy) is 1. The Hall–Kier alpha value is -0.490. The molecule has 0 radical (unpaired) electrons. The summed E-state index contributed by atoms with van der Waals surface area (Å²) in [4.78, 5) is 13.3. The van der Waals surface area contributed by atoms with E-state index in [1.807, 2.05) is 0 Å². The Kier molecular flexibility index (Phi) is 6.21. The minimum atomic E-state index is -4.40. The summed E-state index contributed by atoms with van der Waals surface area (Å²) in [6.07, 6.45) is -0.733. The first-order valence-electron chi connectivity index (χ1n) is 5.94. The van der Waals surface area contributed by atoms with Crippen LogP contribution in [0.15, 0.2) is 0 Å². The maximum Gasteiger partial charge on any atom is 0.411 e. The molecule has 1 aliphatic rings. The van der Waals surface area contributed by atoms with E-state index in [4.69, 9.17) is 11.6 Å². The van der Waals surface area contributed by atoms with Gasteiger partial charge in [0.05, 0.1) is 0 Å². The second kappa shape index (κ2) is 7.19. The van der Waals surface area contributed by atoms with Gasteiger partial charge in [-0.1, -0.05) is 12.8 Å². The van der Waals surface area contributed by atoms with Crippen LogP contribution in [0.3, 0.4) is 0 Å². The number of likely N-dealkylation sites (tertiary alicyclic amines) is 1. The van der Waals surface area contributed by atoms with Gasteiger partial charge in [0.15, 0.2) is 0 Å². The molecule has 0 bridgehead atoms. The van der Waals surface area contributed by atoms with Gasteiger partial charge >= 0.3 is 6.18 Å². The first-order chi connectivity index (χ1) is 8.44. The number of rotatable bonds is 4. The zero-order valence-electron chi connectivity index (χ0n) is 10.0. The Morgan fingerprint density at radius 3 is 2.67 bits per heavy atom. The van der Waals surface area contributed by atoms with E-state index in [1.54, 1.807) is 4.90 Å². The summed E-state index contributed by atoms with van der Waals surface area (Å²) in [6.45, 7) is -1.38. The normalized spacial score (nSPS) is 21.8. The fraction of sp³-hybridized carbons (Fsp3) is 0.909. The standard InChI is InChI=1S/C11H17ClF3NO2/c12-6-9-4-2-1-3-5-16(9)10(17)7-18-8-11(13,14)15/h9H,1-8H2. The Bertz CT molecular complexity index is 274. The highest BCUT2D eigenvalue weighted by Gasteiger charge is 2.29. The van der Waals surface area contributed by atoms with E-state index >= 15 is 0 Å².